The van der Waals surface area contributed by atoms with Gasteiger partial charge in [0.25, 0.3) is 0 Å². The monoisotopic (exact) mass is 340 g/mol. The zero-order valence-corrected chi connectivity index (χ0v) is 15.3. The molecule has 0 amide bonds. The molecule has 134 valence electrons. The maximum absolute atomic E-state index is 10.9. The van der Waals surface area contributed by atoms with Gasteiger partial charge in [-0.25, -0.2) is 0 Å². The Kier molecular flexibility index (Phi) is 8.10. The molecule has 0 radical (unpaired) electrons. The Morgan fingerprint density at radius 2 is 1.60 bits per heavy atom. The average Bonchev–Trinajstić information content (AvgIpc) is 2.62. The maximum Gasteiger partial charge on any atom is 0.308 e. The minimum atomic E-state index is -0.317. The van der Waals surface area contributed by atoms with Crippen molar-refractivity contribution in [3.05, 3.63) is 42.4 Å². The first-order valence-corrected chi connectivity index (χ1v) is 9.29. The molecule has 1 aromatic carbocycles. The Hall–Kier alpha value is -2.23. The number of hydrogen-bond donors (Lipinski definition) is 0. The molecule has 4 nitrogen and oxygen atoms in total. The van der Waals surface area contributed by atoms with Crippen LogP contribution in [0, 0.1) is 0 Å². The highest BCUT2D eigenvalue weighted by Gasteiger charge is 2.03. The first-order chi connectivity index (χ1) is 12.2. The van der Waals surface area contributed by atoms with Crippen LogP contribution in [-0.2, 0) is 11.2 Å². The van der Waals surface area contributed by atoms with Gasteiger partial charge in [-0.2, -0.15) is 0 Å². The van der Waals surface area contributed by atoms with Gasteiger partial charge in [0.2, 0.25) is 0 Å². The first-order valence-electron chi connectivity index (χ1n) is 9.29. The molecule has 1 heterocycles. The van der Waals surface area contributed by atoms with Gasteiger partial charge in [-0.15, -0.1) is 0 Å². The lowest BCUT2D eigenvalue weighted by atomic mass is 10.1. The van der Waals surface area contributed by atoms with Crippen LogP contribution in [-0.4, -0.2) is 15.9 Å². The van der Waals surface area contributed by atoms with E-state index in [1.807, 2.05) is 24.5 Å². The molecule has 0 N–H and O–H groups in total. The Morgan fingerprint density at radius 3 is 2.20 bits per heavy atom. The second-order valence-electron chi connectivity index (χ2n) is 6.38. The summed E-state index contributed by atoms with van der Waals surface area (Å²) in [6, 6.07) is 7.31. The summed E-state index contributed by atoms with van der Waals surface area (Å²) >= 11 is 0. The molecule has 2 rings (SSSR count). The Labute approximate surface area is 150 Å². The summed E-state index contributed by atoms with van der Waals surface area (Å²) in [5.74, 6) is 0.224. The number of benzene rings is 1. The third-order valence-electron chi connectivity index (χ3n) is 4.15. The van der Waals surface area contributed by atoms with Crippen molar-refractivity contribution in [2.45, 2.75) is 65.2 Å². The number of carbonyl (C=O) groups is 1. The molecule has 25 heavy (non-hydrogen) atoms. The van der Waals surface area contributed by atoms with E-state index in [0.717, 1.165) is 23.4 Å². The lowest BCUT2D eigenvalue weighted by Crippen LogP contribution is -2.01. The predicted molar refractivity (Wildman–Crippen MR) is 100 cm³/mol. The van der Waals surface area contributed by atoms with E-state index in [2.05, 4.69) is 16.9 Å². The Bertz CT molecular complexity index is 636. The highest BCUT2D eigenvalue weighted by molar-refractivity contribution is 5.69. The lowest BCUT2D eigenvalue weighted by Gasteiger charge is -2.05. The number of hydrogen-bond acceptors (Lipinski definition) is 4. The van der Waals surface area contributed by atoms with E-state index < -0.39 is 0 Å². The van der Waals surface area contributed by atoms with Gasteiger partial charge in [-0.05, 0) is 37.1 Å². The number of aryl methyl sites for hydroxylation is 1. The molecule has 0 aliphatic carbocycles. The number of esters is 1. The smallest absolute Gasteiger partial charge is 0.308 e. The van der Waals surface area contributed by atoms with Crippen LogP contribution in [0.4, 0.5) is 0 Å². The molecule has 0 bridgehead atoms. The lowest BCUT2D eigenvalue weighted by molar-refractivity contribution is -0.131. The van der Waals surface area contributed by atoms with Crippen LogP contribution in [0.5, 0.6) is 5.75 Å². The number of carbonyl (C=O) groups excluding carboxylic acids is 1. The van der Waals surface area contributed by atoms with Gasteiger partial charge in [0.15, 0.2) is 0 Å². The topological polar surface area (TPSA) is 52.1 Å². The van der Waals surface area contributed by atoms with Crippen LogP contribution < -0.4 is 4.74 Å². The molecular weight excluding hydrogens is 312 g/mol. The zero-order chi connectivity index (χ0) is 17.9. The average molecular weight is 340 g/mol. The fourth-order valence-corrected chi connectivity index (χ4v) is 2.76. The van der Waals surface area contributed by atoms with Crippen LogP contribution in [0.3, 0.4) is 0 Å². The number of nitrogens with zero attached hydrogens (tertiary/aromatic N) is 2. The number of rotatable bonds is 10. The fourth-order valence-electron chi connectivity index (χ4n) is 2.76. The van der Waals surface area contributed by atoms with E-state index in [-0.39, 0.29) is 5.97 Å². The van der Waals surface area contributed by atoms with Crippen molar-refractivity contribution < 1.29 is 9.53 Å². The molecule has 0 saturated carbocycles. The molecule has 2 aromatic rings. The van der Waals surface area contributed by atoms with Crippen molar-refractivity contribution >= 4 is 5.97 Å². The van der Waals surface area contributed by atoms with Gasteiger partial charge >= 0.3 is 5.97 Å². The minimum Gasteiger partial charge on any atom is -0.427 e. The van der Waals surface area contributed by atoms with E-state index in [0.29, 0.717) is 5.75 Å². The molecule has 0 atom stereocenters. The van der Waals surface area contributed by atoms with E-state index in [1.54, 1.807) is 12.1 Å². The first kappa shape index (κ1) is 19.1. The van der Waals surface area contributed by atoms with Gasteiger partial charge in [0.05, 0.1) is 17.6 Å². The molecule has 4 heteroatoms. The summed E-state index contributed by atoms with van der Waals surface area (Å²) in [4.78, 5) is 20.0. The highest BCUT2D eigenvalue weighted by atomic mass is 16.5. The van der Waals surface area contributed by atoms with Gasteiger partial charge in [-0.3, -0.25) is 14.8 Å². The van der Waals surface area contributed by atoms with Crippen LogP contribution in [0.25, 0.3) is 11.3 Å². The molecule has 0 aliphatic heterocycles. The van der Waals surface area contributed by atoms with E-state index in [4.69, 9.17) is 4.74 Å². The van der Waals surface area contributed by atoms with Crippen molar-refractivity contribution in [3.8, 4) is 17.0 Å². The van der Waals surface area contributed by atoms with Gasteiger partial charge in [0.1, 0.15) is 5.75 Å². The zero-order valence-electron chi connectivity index (χ0n) is 15.3. The highest BCUT2D eigenvalue weighted by Crippen LogP contribution is 2.20. The van der Waals surface area contributed by atoms with Gasteiger partial charge in [0, 0.05) is 18.7 Å². The van der Waals surface area contributed by atoms with Crippen LogP contribution in [0.2, 0.25) is 0 Å². The van der Waals surface area contributed by atoms with Gasteiger partial charge < -0.3 is 4.74 Å². The molecule has 0 fully saturated rings. The van der Waals surface area contributed by atoms with Crippen LogP contribution in [0.15, 0.2) is 36.7 Å². The Morgan fingerprint density at radius 1 is 0.920 bits per heavy atom. The van der Waals surface area contributed by atoms with Gasteiger partial charge in [-0.1, -0.05) is 45.4 Å². The molecule has 0 spiro atoms. The minimum absolute atomic E-state index is 0.317. The maximum atomic E-state index is 10.9. The Balaban J connectivity index is 1.78. The molecule has 0 unspecified atom stereocenters. The third kappa shape index (κ3) is 7.04. The van der Waals surface area contributed by atoms with Crippen molar-refractivity contribution in [1.82, 2.24) is 9.97 Å². The van der Waals surface area contributed by atoms with Crippen molar-refractivity contribution in [3.63, 3.8) is 0 Å². The summed E-state index contributed by atoms with van der Waals surface area (Å²) in [6.07, 6.45) is 13.8. The number of aromatic nitrogens is 2. The summed E-state index contributed by atoms with van der Waals surface area (Å²) in [6.45, 7) is 3.64. The van der Waals surface area contributed by atoms with Crippen LogP contribution >= 0.6 is 0 Å². The molecule has 0 saturated heterocycles. The third-order valence-corrected chi connectivity index (χ3v) is 4.15. The molecule has 1 aromatic heterocycles. The fraction of sp³-hybridized carbons (Fsp3) is 0.476. The largest absolute Gasteiger partial charge is 0.427 e. The normalized spacial score (nSPS) is 10.6. The predicted octanol–water partition coefficient (Wildman–Crippen LogP) is 5.36. The van der Waals surface area contributed by atoms with Crippen LogP contribution in [0.1, 0.15) is 64.5 Å². The SMILES string of the molecule is CCCCCCCCCc1cnc(-c2ccc(OC(C)=O)cc2)cn1. The van der Waals surface area contributed by atoms with E-state index in [9.17, 15) is 4.79 Å². The quantitative estimate of drug-likeness (QED) is 0.332. The summed E-state index contributed by atoms with van der Waals surface area (Å²) < 4.78 is 5.03. The number of ether oxygens (including phenoxy) is 1. The molecule has 0 aliphatic rings. The van der Waals surface area contributed by atoms with Crippen molar-refractivity contribution in [1.29, 1.82) is 0 Å². The van der Waals surface area contributed by atoms with Crippen molar-refractivity contribution in [2.24, 2.45) is 0 Å². The van der Waals surface area contributed by atoms with E-state index >= 15 is 0 Å². The second-order valence-corrected chi connectivity index (χ2v) is 6.38. The molecular formula is C21H28N2O2. The summed E-state index contributed by atoms with van der Waals surface area (Å²) in [5.41, 5.74) is 2.84. The van der Waals surface area contributed by atoms with E-state index in [1.165, 1.54) is 51.9 Å². The summed E-state index contributed by atoms with van der Waals surface area (Å²) in [7, 11) is 0. The standard InChI is InChI=1S/C21H28N2O2/c1-3-4-5-6-7-8-9-10-19-15-23-21(16-22-19)18-11-13-20(14-12-18)25-17(2)24/h11-16H,3-10H2,1-2H3. The second kappa shape index (κ2) is 10.6. The number of unbranched alkanes of at least 4 members (excludes halogenated alkanes) is 6. The summed E-state index contributed by atoms with van der Waals surface area (Å²) in [5, 5.41) is 0. The van der Waals surface area contributed by atoms with Crippen molar-refractivity contribution in [2.75, 3.05) is 0 Å².